The van der Waals surface area contributed by atoms with Crippen molar-refractivity contribution in [2.75, 3.05) is 20.3 Å². The molecule has 7 heteroatoms. The molecule has 7 nitrogen and oxygen atoms in total. The number of aromatic hydroxyl groups is 1. The number of phenolic OH excluding ortho intramolecular Hbond substituents is 1. The number of phenols is 1. The number of hydrogen-bond donors (Lipinski definition) is 1. The van der Waals surface area contributed by atoms with Crippen molar-refractivity contribution in [3.63, 3.8) is 0 Å². The molecule has 3 aromatic carbocycles. The Labute approximate surface area is 214 Å². The van der Waals surface area contributed by atoms with Crippen LogP contribution < -0.4 is 14.9 Å². The van der Waals surface area contributed by atoms with Gasteiger partial charge in [-0.15, -0.1) is 0 Å². The molecule has 4 aromatic rings. The minimum Gasteiger partial charge on any atom is -0.504 e. The molecular formula is C30H29NO6. The van der Waals surface area contributed by atoms with Gasteiger partial charge in [0.1, 0.15) is 11.3 Å². The molecule has 0 aliphatic carbocycles. The summed E-state index contributed by atoms with van der Waals surface area (Å²) in [6.07, 6.45) is 0.572. The fraction of sp³-hybridized carbons (Fsp3) is 0.267. The third-order valence-electron chi connectivity index (χ3n) is 6.81. The first-order chi connectivity index (χ1) is 17.8. The van der Waals surface area contributed by atoms with Gasteiger partial charge in [0, 0.05) is 6.54 Å². The molecule has 37 heavy (non-hydrogen) atoms. The van der Waals surface area contributed by atoms with Crippen LogP contribution in [0.2, 0.25) is 0 Å². The zero-order chi connectivity index (χ0) is 26.3. The number of aryl methyl sites for hydroxylation is 2. The van der Waals surface area contributed by atoms with E-state index in [9.17, 15) is 14.7 Å². The average Bonchev–Trinajstić information content (AvgIpc) is 3.15. The van der Waals surface area contributed by atoms with E-state index in [4.69, 9.17) is 13.9 Å². The average molecular weight is 500 g/mol. The lowest BCUT2D eigenvalue weighted by Gasteiger charge is -2.25. The number of amides is 1. The highest BCUT2D eigenvalue weighted by atomic mass is 16.5. The van der Waals surface area contributed by atoms with Gasteiger partial charge in [-0.3, -0.25) is 9.59 Å². The fourth-order valence-electron chi connectivity index (χ4n) is 5.10. The number of rotatable bonds is 7. The molecule has 0 radical (unpaired) electrons. The summed E-state index contributed by atoms with van der Waals surface area (Å²) < 4.78 is 17.0. The van der Waals surface area contributed by atoms with E-state index in [1.54, 1.807) is 30.2 Å². The summed E-state index contributed by atoms with van der Waals surface area (Å²) in [5, 5.41) is 10.8. The molecule has 1 unspecified atom stereocenters. The lowest BCUT2D eigenvalue weighted by molar-refractivity contribution is 0.0729. The molecule has 1 amide bonds. The van der Waals surface area contributed by atoms with Crippen LogP contribution in [0, 0.1) is 13.8 Å². The zero-order valence-corrected chi connectivity index (χ0v) is 21.3. The first-order valence-electron chi connectivity index (χ1n) is 12.3. The second kappa shape index (κ2) is 9.65. The molecule has 1 atom stereocenters. The van der Waals surface area contributed by atoms with Crippen LogP contribution in [-0.4, -0.2) is 36.2 Å². The maximum absolute atomic E-state index is 13.9. The Kier molecular flexibility index (Phi) is 6.38. The van der Waals surface area contributed by atoms with E-state index < -0.39 is 6.04 Å². The maximum Gasteiger partial charge on any atom is 0.290 e. The number of nitrogens with zero attached hydrogens (tertiary/aromatic N) is 1. The Bertz CT molecular complexity index is 1550. The first kappa shape index (κ1) is 24.4. The van der Waals surface area contributed by atoms with Crippen LogP contribution in [0.15, 0.2) is 63.8 Å². The topological polar surface area (TPSA) is 89.2 Å². The van der Waals surface area contributed by atoms with E-state index in [0.717, 1.165) is 22.4 Å². The molecule has 0 spiro atoms. The standard InChI is InChI=1S/C30H29NO6/c1-5-36-23-16-20(8-11-22(23)32)27-26-28(33)25-18(3)14-17(2)15-24(25)37-29(26)30(34)31(27)13-12-19-6-9-21(35-4)10-7-19/h6-11,14-16,27,32H,5,12-13H2,1-4H3. The van der Waals surface area contributed by atoms with E-state index in [0.29, 0.717) is 47.4 Å². The second-order valence-electron chi connectivity index (χ2n) is 9.29. The predicted octanol–water partition coefficient (Wildman–Crippen LogP) is 5.31. The third kappa shape index (κ3) is 4.31. The van der Waals surface area contributed by atoms with Gasteiger partial charge >= 0.3 is 0 Å². The quantitative estimate of drug-likeness (QED) is 0.371. The number of carbonyl (C=O) groups excluding carboxylic acids is 1. The molecule has 0 saturated carbocycles. The van der Waals surface area contributed by atoms with Crippen molar-refractivity contribution < 1.29 is 23.8 Å². The van der Waals surface area contributed by atoms with Crippen LogP contribution in [0.5, 0.6) is 17.2 Å². The fourth-order valence-corrected chi connectivity index (χ4v) is 5.10. The van der Waals surface area contributed by atoms with Crippen molar-refractivity contribution >= 4 is 16.9 Å². The summed E-state index contributed by atoms with van der Waals surface area (Å²) in [6.45, 7) is 6.35. The third-order valence-corrected chi connectivity index (χ3v) is 6.81. The van der Waals surface area contributed by atoms with Crippen molar-refractivity contribution in [1.29, 1.82) is 0 Å². The van der Waals surface area contributed by atoms with Gasteiger partial charge < -0.3 is 23.9 Å². The Morgan fingerprint density at radius 2 is 1.78 bits per heavy atom. The van der Waals surface area contributed by atoms with Gasteiger partial charge in [-0.2, -0.15) is 0 Å². The van der Waals surface area contributed by atoms with Crippen molar-refractivity contribution in [3.05, 3.63) is 98.4 Å². The molecule has 0 fully saturated rings. The van der Waals surface area contributed by atoms with Crippen LogP contribution in [0.1, 0.15) is 51.3 Å². The summed E-state index contributed by atoms with van der Waals surface area (Å²) in [6, 6.07) is 15.7. The highest BCUT2D eigenvalue weighted by Crippen LogP contribution is 2.41. The summed E-state index contributed by atoms with van der Waals surface area (Å²) in [5.74, 6) is 0.779. The Morgan fingerprint density at radius 1 is 1.03 bits per heavy atom. The van der Waals surface area contributed by atoms with Gasteiger partial charge in [0.25, 0.3) is 5.91 Å². The van der Waals surface area contributed by atoms with Gasteiger partial charge in [0.15, 0.2) is 16.9 Å². The molecule has 1 aromatic heterocycles. The van der Waals surface area contributed by atoms with Gasteiger partial charge in [-0.25, -0.2) is 0 Å². The summed E-state index contributed by atoms with van der Waals surface area (Å²) in [7, 11) is 1.62. The van der Waals surface area contributed by atoms with Crippen LogP contribution in [-0.2, 0) is 6.42 Å². The van der Waals surface area contributed by atoms with E-state index in [1.165, 1.54) is 6.07 Å². The molecule has 1 aliphatic heterocycles. The van der Waals surface area contributed by atoms with Gasteiger partial charge in [0.2, 0.25) is 5.76 Å². The SMILES string of the molecule is CCOc1cc(C2c3c(oc4cc(C)cc(C)c4c3=O)C(=O)N2CCc2ccc(OC)cc2)ccc1O. The lowest BCUT2D eigenvalue weighted by Crippen LogP contribution is -2.31. The van der Waals surface area contributed by atoms with E-state index >= 15 is 0 Å². The Balaban J connectivity index is 1.64. The number of hydrogen-bond acceptors (Lipinski definition) is 6. The Hall–Kier alpha value is -4.26. The van der Waals surface area contributed by atoms with Crippen molar-refractivity contribution in [2.24, 2.45) is 0 Å². The van der Waals surface area contributed by atoms with Gasteiger partial charge in [0.05, 0.1) is 30.7 Å². The minimum absolute atomic E-state index is 0.00297. The maximum atomic E-state index is 13.9. The number of carbonyl (C=O) groups is 1. The summed E-state index contributed by atoms with van der Waals surface area (Å²) in [5.41, 5.74) is 3.95. The highest BCUT2D eigenvalue weighted by molar-refractivity contribution is 5.99. The molecule has 190 valence electrons. The normalized spacial score (nSPS) is 14.8. The predicted molar refractivity (Wildman–Crippen MR) is 141 cm³/mol. The molecule has 2 heterocycles. The molecule has 5 rings (SSSR count). The number of benzene rings is 3. The van der Waals surface area contributed by atoms with Crippen molar-refractivity contribution in [1.82, 2.24) is 4.90 Å². The number of fused-ring (bicyclic) bond motifs is 2. The Morgan fingerprint density at radius 3 is 2.49 bits per heavy atom. The van der Waals surface area contributed by atoms with Crippen molar-refractivity contribution in [2.45, 2.75) is 33.2 Å². The van der Waals surface area contributed by atoms with Gasteiger partial charge in [-0.1, -0.05) is 24.3 Å². The molecule has 1 N–H and O–H groups in total. The number of methoxy groups -OCH3 is 1. The van der Waals surface area contributed by atoms with Crippen molar-refractivity contribution in [3.8, 4) is 17.2 Å². The highest BCUT2D eigenvalue weighted by Gasteiger charge is 2.43. The minimum atomic E-state index is -0.679. The van der Waals surface area contributed by atoms with Crippen LogP contribution in [0.25, 0.3) is 11.0 Å². The second-order valence-corrected chi connectivity index (χ2v) is 9.29. The summed E-state index contributed by atoms with van der Waals surface area (Å²) in [4.78, 5) is 29.3. The van der Waals surface area contributed by atoms with E-state index in [-0.39, 0.29) is 22.8 Å². The van der Waals surface area contributed by atoms with Crippen LogP contribution in [0.4, 0.5) is 0 Å². The summed E-state index contributed by atoms with van der Waals surface area (Å²) >= 11 is 0. The van der Waals surface area contributed by atoms with Crippen LogP contribution >= 0.6 is 0 Å². The van der Waals surface area contributed by atoms with Gasteiger partial charge in [-0.05, 0) is 79.8 Å². The monoisotopic (exact) mass is 499 g/mol. The molecule has 0 saturated heterocycles. The largest absolute Gasteiger partial charge is 0.504 e. The van der Waals surface area contributed by atoms with E-state index in [2.05, 4.69) is 0 Å². The van der Waals surface area contributed by atoms with E-state index in [1.807, 2.05) is 51.1 Å². The molecule has 0 bridgehead atoms. The van der Waals surface area contributed by atoms with Crippen LogP contribution in [0.3, 0.4) is 0 Å². The number of ether oxygens (including phenoxy) is 2. The molecular weight excluding hydrogens is 470 g/mol. The lowest BCUT2D eigenvalue weighted by atomic mass is 9.96. The first-order valence-corrected chi connectivity index (χ1v) is 12.3. The zero-order valence-electron chi connectivity index (χ0n) is 21.3. The smallest absolute Gasteiger partial charge is 0.290 e. The molecule has 1 aliphatic rings.